The number of benzene rings is 3. The molecule has 1 heterocycles. The molecule has 1 fully saturated rings. The van der Waals surface area contributed by atoms with Crippen molar-refractivity contribution in [2.24, 2.45) is 11.8 Å². The third-order valence-corrected chi connectivity index (χ3v) is 7.81. The zero-order valence-electron chi connectivity index (χ0n) is 16.5. The van der Waals surface area contributed by atoms with Crippen molar-refractivity contribution in [1.29, 1.82) is 0 Å². The van der Waals surface area contributed by atoms with Crippen LogP contribution in [0.3, 0.4) is 0 Å². The smallest absolute Gasteiger partial charge is 0.238 e. The van der Waals surface area contributed by atoms with Crippen LogP contribution in [0.5, 0.6) is 0 Å². The number of anilines is 1. The maximum absolute atomic E-state index is 13.9. The van der Waals surface area contributed by atoms with Gasteiger partial charge in [0.2, 0.25) is 11.8 Å². The van der Waals surface area contributed by atoms with E-state index in [1.165, 1.54) is 4.90 Å². The summed E-state index contributed by atoms with van der Waals surface area (Å²) in [5.74, 6) is -1.69. The van der Waals surface area contributed by atoms with Crippen LogP contribution in [-0.2, 0) is 19.8 Å². The molecule has 31 heavy (non-hydrogen) atoms. The summed E-state index contributed by atoms with van der Waals surface area (Å²) in [5.41, 5.74) is 3.87. The maximum Gasteiger partial charge on any atom is 0.238 e. The summed E-state index contributed by atoms with van der Waals surface area (Å²) in [7, 11) is 0. The number of carbonyl (C=O) groups excluding carboxylic acids is 3. The molecule has 3 aromatic rings. The quantitative estimate of drug-likeness (QED) is 0.414. The van der Waals surface area contributed by atoms with Crippen molar-refractivity contribution in [1.82, 2.24) is 0 Å². The standard InChI is InChI=1S/C26H18BrNO3/c27-15-9-11-16(12-10-15)28-24(30)22-21-17-5-1-3-7-19(17)26(13-14-29,23(22)25(28)31)20-8-4-2-6-18(20)21/h1-12,14,21-23H,13H2/t21?,22-,23+,26?/m1/s1. The van der Waals surface area contributed by atoms with Crippen LogP contribution in [0.2, 0.25) is 0 Å². The summed E-state index contributed by atoms with van der Waals surface area (Å²) >= 11 is 3.42. The molecule has 1 aliphatic heterocycles. The second-order valence-corrected chi connectivity index (χ2v) is 9.40. The first-order valence-electron chi connectivity index (χ1n) is 10.4. The number of hydrogen-bond acceptors (Lipinski definition) is 3. The van der Waals surface area contributed by atoms with Crippen molar-refractivity contribution in [2.75, 3.05) is 4.90 Å². The summed E-state index contributed by atoms with van der Waals surface area (Å²) in [6, 6.07) is 23.2. The van der Waals surface area contributed by atoms with Gasteiger partial charge in [0.1, 0.15) is 6.29 Å². The molecule has 4 nitrogen and oxygen atoms in total. The van der Waals surface area contributed by atoms with E-state index in [9.17, 15) is 14.4 Å². The van der Waals surface area contributed by atoms with E-state index < -0.39 is 17.3 Å². The molecule has 2 atom stereocenters. The summed E-state index contributed by atoms with van der Waals surface area (Å²) in [6.07, 6.45) is 1.07. The van der Waals surface area contributed by atoms with Crippen LogP contribution >= 0.6 is 15.9 Å². The maximum atomic E-state index is 13.9. The Kier molecular flexibility index (Phi) is 3.90. The molecule has 0 spiro atoms. The molecular formula is C26H18BrNO3. The van der Waals surface area contributed by atoms with Gasteiger partial charge in [0.15, 0.2) is 0 Å². The molecule has 3 aliphatic carbocycles. The lowest BCUT2D eigenvalue weighted by Gasteiger charge is -2.53. The summed E-state index contributed by atoms with van der Waals surface area (Å²) in [5, 5.41) is 0. The van der Waals surface area contributed by atoms with Crippen LogP contribution in [0.4, 0.5) is 5.69 Å². The fourth-order valence-electron chi connectivity index (χ4n) is 6.25. The second-order valence-electron chi connectivity index (χ2n) is 8.49. The van der Waals surface area contributed by atoms with Gasteiger partial charge in [-0.1, -0.05) is 64.5 Å². The van der Waals surface area contributed by atoms with Gasteiger partial charge in [0.25, 0.3) is 0 Å². The molecule has 2 bridgehead atoms. The van der Waals surface area contributed by atoms with Crippen molar-refractivity contribution < 1.29 is 14.4 Å². The Hall–Kier alpha value is -3.05. The minimum atomic E-state index is -0.828. The minimum absolute atomic E-state index is 0.169. The molecule has 0 N–H and O–H groups in total. The van der Waals surface area contributed by atoms with Gasteiger partial charge in [-0.25, -0.2) is 4.90 Å². The molecule has 152 valence electrons. The Balaban J connectivity index is 1.64. The highest BCUT2D eigenvalue weighted by Gasteiger charge is 2.67. The molecule has 0 radical (unpaired) electrons. The molecule has 2 amide bonds. The van der Waals surface area contributed by atoms with Crippen LogP contribution in [0.1, 0.15) is 34.6 Å². The average molecular weight is 472 g/mol. The van der Waals surface area contributed by atoms with Crippen LogP contribution in [0.25, 0.3) is 0 Å². The van der Waals surface area contributed by atoms with E-state index in [1.807, 2.05) is 60.7 Å². The summed E-state index contributed by atoms with van der Waals surface area (Å²) in [6.45, 7) is 0. The average Bonchev–Trinajstić information content (AvgIpc) is 3.06. The van der Waals surface area contributed by atoms with E-state index >= 15 is 0 Å². The number of nitrogens with zero attached hydrogens (tertiary/aromatic N) is 1. The number of aldehydes is 1. The van der Waals surface area contributed by atoms with Gasteiger partial charge in [-0.05, 0) is 46.5 Å². The van der Waals surface area contributed by atoms with Gasteiger partial charge in [-0.15, -0.1) is 0 Å². The third kappa shape index (κ3) is 2.22. The van der Waals surface area contributed by atoms with Crippen LogP contribution in [0.15, 0.2) is 77.3 Å². The Morgan fingerprint density at radius 1 is 0.839 bits per heavy atom. The fourth-order valence-corrected chi connectivity index (χ4v) is 6.52. The van der Waals surface area contributed by atoms with Gasteiger partial charge in [-0.2, -0.15) is 0 Å². The Labute approximate surface area is 188 Å². The lowest BCUT2D eigenvalue weighted by atomic mass is 9.46. The Morgan fingerprint density at radius 3 is 2.00 bits per heavy atom. The SMILES string of the molecule is O=CCC12c3ccccc3C(c3ccccc31)[C@H]1C(=O)N(c3ccc(Br)cc3)C(=O)[C@H]12. The van der Waals surface area contributed by atoms with E-state index in [4.69, 9.17) is 0 Å². The predicted molar refractivity (Wildman–Crippen MR) is 120 cm³/mol. The highest BCUT2D eigenvalue weighted by molar-refractivity contribution is 9.10. The molecule has 0 saturated carbocycles. The number of hydrogen-bond donors (Lipinski definition) is 0. The molecule has 0 aromatic heterocycles. The van der Waals surface area contributed by atoms with Gasteiger partial charge < -0.3 is 4.79 Å². The van der Waals surface area contributed by atoms with Crippen LogP contribution < -0.4 is 4.90 Å². The molecule has 3 aromatic carbocycles. The second kappa shape index (κ2) is 6.47. The van der Waals surface area contributed by atoms with Crippen molar-refractivity contribution in [3.63, 3.8) is 0 Å². The number of imide groups is 1. The Morgan fingerprint density at radius 2 is 1.42 bits per heavy atom. The van der Waals surface area contributed by atoms with E-state index in [2.05, 4.69) is 15.9 Å². The summed E-state index contributed by atoms with van der Waals surface area (Å²) < 4.78 is 0.880. The van der Waals surface area contributed by atoms with Crippen molar-refractivity contribution >= 4 is 39.7 Å². The number of amides is 2. The Bertz CT molecular complexity index is 1220. The van der Waals surface area contributed by atoms with E-state index in [0.717, 1.165) is 33.0 Å². The normalized spacial score (nSPS) is 27.6. The van der Waals surface area contributed by atoms with E-state index in [-0.39, 0.29) is 24.2 Å². The van der Waals surface area contributed by atoms with Crippen LogP contribution in [-0.4, -0.2) is 18.1 Å². The zero-order chi connectivity index (χ0) is 21.3. The van der Waals surface area contributed by atoms with Gasteiger partial charge in [-0.3, -0.25) is 9.59 Å². The third-order valence-electron chi connectivity index (χ3n) is 7.28. The molecule has 0 unspecified atom stereocenters. The van der Waals surface area contributed by atoms with Gasteiger partial charge in [0.05, 0.1) is 17.5 Å². The lowest BCUT2D eigenvalue weighted by Crippen LogP contribution is -2.53. The van der Waals surface area contributed by atoms with Gasteiger partial charge >= 0.3 is 0 Å². The first-order valence-corrected chi connectivity index (χ1v) is 11.1. The number of carbonyl (C=O) groups is 3. The fraction of sp³-hybridized carbons (Fsp3) is 0.192. The number of halogens is 1. The van der Waals surface area contributed by atoms with Crippen molar-refractivity contribution in [2.45, 2.75) is 17.8 Å². The molecular weight excluding hydrogens is 454 g/mol. The van der Waals surface area contributed by atoms with Gasteiger partial charge in [0, 0.05) is 22.2 Å². The largest absolute Gasteiger partial charge is 0.303 e. The summed E-state index contributed by atoms with van der Waals surface area (Å²) in [4.78, 5) is 41.1. The topological polar surface area (TPSA) is 54.5 Å². The minimum Gasteiger partial charge on any atom is -0.303 e. The van der Waals surface area contributed by atoms with Crippen molar-refractivity contribution in [3.8, 4) is 0 Å². The van der Waals surface area contributed by atoms with Crippen molar-refractivity contribution in [3.05, 3.63) is 99.5 Å². The molecule has 7 rings (SSSR count). The molecule has 4 aliphatic rings. The lowest BCUT2D eigenvalue weighted by molar-refractivity contribution is -0.124. The molecule has 1 saturated heterocycles. The number of rotatable bonds is 3. The predicted octanol–water partition coefficient (Wildman–Crippen LogP) is 4.59. The first kappa shape index (κ1) is 18.7. The van der Waals surface area contributed by atoms with Crippen LogP contribution in [0, 0.1) is 11.8 Å². The highest BCUT2D eigenvalue weighted by atomic mass is 79.9. The van der Waals surface area contributed by atoms with E-state index in [0.29, 0.717) is 5.69 Å². The highest BCUT2D eigenvalue weighted by Crippen LogP contribution is 2.65. The monoisotopic (exact) mass is 471 g/mol. The zero-order valence-corrected chi connectivity index (χ0v) is 18.1. The van der Waals surface area contributed by atoms with E-state index in [1.54, 1.807) is 12.1 Å². The molecule has 5 heteroatoms. The first-order chi connectivity index (χ1) is 15.1.